The highest BCUT2D eigenvalue weighted by molar-refractivity contribution is 5.85. The number of hydrogen-bond donors (Lipinski definition) is 1. The molecule has 0 radical (unpaired) electrons. The highest BCUT2D eigenvalue weighted by atomic mass is 35.5. The van der Waals surface area contributed by atoms with E-state index < -0.39 is 0 Å². The second-order valence-electron chi connectivity index (χ2n) is 5.57. The van der Waals surface area contributed by atoms with Crippen LogP contribution in [0.5, 0.6) is 11.5 Å². The van der Waals surface area contributed by atoms with Crippen LogP contribution in [-0.4, -0.2) is 45.3 Å². The molecule has 1 aliphatic rings. The fraction of sp³-hybridized carbons (Fsp3) is 0.529. The predicted molar refractivity (Wildman–Crippen MR) is 101 cm³/mol. The number of halogens is 2. The lowest BCUT2D eigenvalue weighted by Crippen LogP contribution is -2.45. The first kappa shape index (κ1) is 22.1. The van der Waals surface area contributed by atoms with Gasteiger partial charge in [0.05, 0.1) is 14.2 Å². The summed E-state index contributed by atoms with van der Waals surface area (Å²) in [6, 6.07) is 6.40. The summed E-state index contributed by atoms with van der Waals surface area (Å²) in [5.74, 6) is 1.71. The standard InChI is InChI=1S/C17H26N2O2.2ClH/c1-13(2)11-16(19-9-7-18-8-10-19)15-6-5-14(20-3)12-17(15)21-4;;/h5-6,12,16,18H,1,7-11H2,2-4H3;2*1H/t16-;;/m0../s1. The first-order valence-electron chi connectivity index (χ1n) is 7.46. The van der Waals surface area contributed by atoms with Crippen LogP contribution < -0.4 is 14.8 Å². The summed E-state index contributed by atoms with van der Waals surface area (Å²) in [4.78, 5) is 2.51. The molecule has 0 aromatic heterocycles. The average molecular weight is 363 g/mol. The van der Waals surface area contributed by atoms with Gasteiger partial charge in [-0.1, -0.05) is 11.6 Å². The van der Waals surface area contributed by atoms with Gasteiger partial charge in [0.2, 0.25) is 0 Å². The van der Waals surface area contributed by atoms with Gasteiger partial charge in [-0.3, -0.25) is 4.90 Å². The van der Waals surface area contributed by atoms with E-state index in [1.807, 2.05) is 12.1 Å². The Morgan fingerprint density at radius 3 is 2.39 bits per heavy atom. The van der Waals surface area contributed by atoms with Gasteiger partial charge >= 0.3 is 0 Å². The monoisotopic (exact) mass is 362 g/mol. The van der Waals surface area contributed by atoms with Crippen LogP contribution in [0.15, 0.2) is 30.4 Å². The first-order chi connectivity index (χ1) is 10.2. The Balaban J connectivity index is 0.00000242. The van der Waals surface area contributed by atoms with Crippen molar-refractivity contribution in [2.75, 3.05) is 40.4 Å². The molecule has 0 spiro atoms. The van der Waals surface area contributed by atoms with Gasteiger partial charge in [0.1, 0.15) is 11.5 Å². The molecule has 1 saturated heterocycles. The molecule has 4 nitrogen and oxygen atoms in total. The Morgan fingerprint density at radius 1 is 1.22 bits per heavy atom. The van der Waals surface area contributed by atoms with E-state index in [0.717, 1.165) is 44.1 Å². The maximum absolute atomic E-state index is 5.59. The van der Waals surface area contributed by atoms with Crippen LogP contribution in [0.4, 0.5) is 0 Å². The second kappa shape index (κ2) is 10.8. The van der Waals surface area contributed by atoms with E-state index >= 15 is 0 Å². The van der Waals surface area contributed by atoms with Crippen molar-refractivity contribution in [2.24, 2.45) is 0 Å². The first-order valence-corrected chi connectivity index (χ1v) is 7.46. The van der Waals surface area contributed by atoms with Crippen molar-refractivity contribution in [3.05, 3.63) is 35.9 Å². The lowest BCUT2D eigenvalue weighted by atomic mass is 9.97. The number of hydrogen-bond acceptors (Lipinski definition) is 4. The third-order valence-corrected chi connectivity index (χ3v) is 3.93. The molecule has 1 fully saturated rings. The smallest absolute Gasteiger partial charge is 0.127 e. The molecule has 0 aliphatic carbocycles. The lowest BCUT2D eigenvalue weighted by Gasteiger charge is -2.36. The zero-order valence-corrected chi connectivity index (χ0v) is 15.8. The van der Waals surface area contributed by atoms with E-state index in [2.05, 4.69) is 29.8 Å². The van der Waals surface area contributed by atoms with Crippen LogP contribution in [0.2, 0.25) is 0 Å². The van der Waals surface area contributed by atoms with Crippen LogP contribution in [-0.2, 0) is 0 Å². The van der Waals surface area contributed by atoms with Crippen LogP contribution >= 0.6 is 24.8 Å². The minimum Gasteiger partial charge on any atom is -0.497 e. The van der Waals surface area contributed by atoms with Gasteiger partial charge in [0.15, 0.2) is 0 Å². The summed E-state index contributed by atoms with van der Waals surface area (Å²) in [5, 5.41) is 3.41. The summed E-state index contributed by atoms with van der Waals surface area (Å²) >= 11 is 0. The van der Waals surface area contributed by atoms with Crippen LogP contribution in [0.25, 0.3) is 0 Å². The van der Waals surface area contributed by atoms with Gasteiger partial charge in [-0.25, -0.2) is 0 Å². The maximum atomic E-state index is 5.59. The Morgan fingerprint density at radius 2 is 1.87 bits per heavy atom. The number of piperazine rings is 1. The normalized spacial score (nSPS) is 15.8. The van der Waals surface area contributed by atoms with E-state index in [-0.39, 0.29) is 24.8 Å². The topological polar surface area (TPSA) is 33.7 Å². The van der Waals surface area contributed by atoms with Crippen molar-refractivity contribution >= 4 is 24.8 Å². The molecule has 2 rings (SSSR count). The van der Waals surface area contributed by atoms with E-state index in [1.54, 1.807) is 14.2 Å². The number of benzene rings is 1. The average Bonchev–Trinajstić information content (AvgIpc) is 2.52. The maximum Gasteiger partial charge on any atom is 0.127 e. The van der Waals surface area contributed by atoms with Gasteiger partial charge in [-0.15, -0.1) is 31.4 Å². The Kier molecular flexibility index (Phi) is 10.3. The fourth-order valence-corrected chi connectivity index (χ4v) is 2.85. The van der Waals surface area contributed by atoms with Crippen molar-refractivity contribution in [3.8, 4) is 11.5 Å². The Hall–Kier alpha value is -0.940. The highest BCUT2D eigenvalue weighted by Gasteiger charge is 2.25. The van der Waals surface area contributed by atoms with Crippen LogP contribution in [0.3, 0.4) is 0 Å². The molecule has 0 bridgehead atoms. The Labute approximate surface area is 152 Å². The molecule has 23 heavy (non-hydrogen) atoms. The number of ether oxygens (including phenoxy) is 2. The summed E-state index contributed by atoms with van der Waals surface area (Å²) in [6.45, 7) is 10.3. The second-order valence-corrected chi connectivity index (χ2v) is 5.57. The predicted octanol–water partition coefficient (Wildman–Crippen LogP) is 3.46. The van der Waals surface area contributed by atoms with Gasteiger partial charge in [-0.2, -0.15) is 0 Å². The minimum atomic E-state index is 0. The molecule has 1 atom stereocenters. The van der Waals surface area contributed by atoms with Crippen LogP contribution in [0, 0.1) is 0 Å². The molecule has 6 heteroatoms. The summed E-state index contributed by atoms with van der Waals surface area (Å²) in [5.41, 5.74) is 2.40. The van der Waals surface area contributed by atoms with E-state index in [4.69, 9.17) is 9.47 Å². The highest BCUT2D eigenvalue weighted by Crippen LogP contribution is 2.36. The third-order valence-electron chi connectivity index (χ3n) is 3.93. The van der Waals surface area contributed by atoms with E-state index in [1.165, 1.54) is 11.1 Å². The van der Waals surface area contributed by atoms with Crippen molar-refractivity contribution in [1.29, 1.82) is 0 Å². The van der Waals surface area contributed by atoms with Gasteiger partial charge in [0, 0.05) is 43.9 Å². The summed E-state index contributed by atoms with van der Waals surface area (Å²) < 4.78 is 10.9. The zero-order valence-electron chi connectivity index (χ0n) is 14.1. The number of methoxy groups -OCH3 is 2. The minimum absolute atomic E-state index is 0. The number of nitrogens with one attached hydrogen (secondary N) is 1. The van der Waals surface area contributed by atoms with E-state index in [9.17, 15) is 0 Å². The molecule has 1 aromatic rings. The zero-order chi connectivity index (χ0) is 15.2. The molecule has 1 aliphatic heterocycles. The van der Waals surface area contributed by atoms with Gasteiger partial charge < -0.3 is 14.8 Å². The molecule has 0 unspecified atom stereocenters. The van der Waals surface area contributed by atoms with Gasteiger partial charge in [0.25, 0.3) is 0 Å². The largest absolute Gasteiger partial charge is 0.497 e. The van der Waals surface area contributed by atoms with E-state index in [0.29, 0.717) is 6.04 Å². The fourth-order valence-electron chi connectivity index (χ4n) is 2.85. The molecule has 0 amide bonds. The number of rotatable bonds is 6. The summed E-state index contributed by atoms with van der Waals surface area (Å²) in [6.07, 6.45) is 0.947. The SMILES string of the molecule is C=C(C)C[C@@H](c1ccc(OC)cc1OC)N1CCNCC1.Cl.Cl. The van der Waals surface area contributed by atoms with Crippen LogP contribution in [0.1, 0.15) is 24.9 Å². The lowest BCUT2D eigenvalue weighted by molar-refractivity contribution is 0.169. The third kappa shape index (κ3) is 5.88. The quantitative estimate of drug-likeness (QED) is 0.785. The molecular weight excluding hydrogens is 335 g/mol. The van der Waals surface area contributed by atoms with Gasteiger partial charge in [-0.05, 0) is 19.4 Å². The van der Waals surface area contributed by atoms with Crippen molar-refractivity contribution in [3.63, 3.8) is 0 Å². The molecule has 132 valence electrons. The van der Waals surface area contributed by atoms with Crippen molar-refractivity contribution in [1.82, 2.24) is 10.2 Å². The molecule has 1 N–H and O–H groups in total. The van der Waals surface area contributed by atoms with Crippen molar-refractivity contribution < 1.29 is 9.47 Å². The molecule has 1 aromatic carbocycles. The molecule has 0 saturated carbocycles. The van der Waals surface area contributed by atoms with Crippen molar-refractivity contribution in [2.45, 2.75) is 19.4 Å². The Bertz CT molecular complexity index is 491. The number of nitrogens with zero attached hydrogens (tertiary/aromatic N) is 1. The summed E-state index contributed by atoms with van der Waals surface area (Å²) in [7, 11) is 3.39. The molecule has 1 heterocycles. The molecular formula is C17H28Cl2N2O2.